The van der Waals surface area contributed by atoms with Crippen LogP contribution in [-0.4, -0.2) is 35.7 Å². The van der Waals surface area contributed by atoms with E-state index in [-0.39, 0.29) is 23.4 Å². The van der Waals surface area contributed by atoms with Crippen LogP contribution in [0.15, 0.2) is 0 Å². The third-order valence-electron chi connectivity index (χ3n) is 2.03. The molecule has 1 rings (SSSR count). The molecular formula is C10H14N2O4S. The van der Waals surface area contributed by atoms with Gasteiger partial charge in [-0.2, -0.15) is 0 Å². The van der Waals surface area contributed by atoms with Crippen LogP contribution in [0.25, 0.3) is 0 Å². The summed E-state index contributed by atoms with van der Waals surface area (Å²) < 4.78 is 4.68. The lowest BCUT2D eigenvalue weighted by molar-refractivity contribution is -0.125. The fraction of sp³-hybridized carbons (Fsp3) is 0.500. The number of amides is 1. The Bertz CT molecular complexity index is 430. The summed E-state index contributed by atoms with van der Waals surface area (Å²) >= 11 is 1.07. The van der Waals surface area contributed by atoms with Crippen molar-refractivity contribution in [3.63, 3.8) is 0 Å². The zero-order valence-corrected chi connectivity index (χ0v) is 10.6. The van der Waals surface area contributed by atoms with E-state index in [1.165, 1.54) is 7.11 Å². The van der Waals surface area contributed by atoms with E-state index >= 15 is 0 Å². The quantitative estimate of drug-likeness (QED) is 0.821. The van der Waals surface area contributed by atoms with Gasteiger partial charge in [-0.15, -0.1) is 11.3 Å². The summed E-state index contributed by atoms with van der Waals surface area (Å²) in [5, 5.41) is 12.1. The first-order chi connectivity index (χ1) is 7.95. The Hall–Kier alpha value is -1.47. The third-order valence-corrected chi connectivity index (χ3v) is 3.36. The topological polar surface area (TPSA) is 88.5 Å². The molecule has 1 amide bonds. The number of carbonyl (C=O) groups excluding carboxylic acids is 1. The minimum absolute atomic E-state index is 0.0273. The van der Waals surface area contributed by atoms with Crippen LogP contribution in [0.5, 0.6) is 0 Å². The predicted molar refractivity (Wildman–Crippen MR) is 62.2 cm³/mol. The molecule has 1 unspecified atom stereocenters. The summed E-state index contributed by atoms with van der Waals surface area (Å²) in [6, 6.07) is -0.325. The molecule has 0 bridgehead atoms. The number of aromatic nitrogens is 1. The van der Waals surface area contributed by atoms with E-state index < -0.39 is 5.97 Å². The molecule has 7 heteroatoms. The number of carboxylic acids is 1. The van der Waals surface area contributed by atoms with E-state index in [0.717, 1.165) is 11.3 Å². The zero-order valence-electron chi connectivity index (χ0n) is 9.81. The van der Waals surface area contributed by atoms with Crippen molar-refractivity contribution in [2.24, 2.45) is 0 Å². The summed E-state index contributed by atoms with van der Waals surface area (Å²) in [7, 11) is 1.43. The number of thiazole rings is 1. The summed E-state index contributed by atoms with van der Waals surface area (Å²) in [4.78, 5) is 26.5. The van der Waals surface area contributed by atoms with Crippen LogP contribution in [0, 0.1) is 6.92 Å². The maximum absolute atomic E-state index is 11.3. The zero-order chi connectivity index (χ0) is 13.0. The van der Waals surface area contributed by atoms with Crippen molar-refractivity contribution in [1.82, 2.24) is 10.3 Å². The fourth-order valence-electron chi connectivity index (χ4n) is 1.28. The molecule has 17 heavy (non-hydrogen) atoms. The van der Waals surface area contributed by atoms with Crippen LogP contribution >= 0.6 is 11.3 Å². The van der Waals surface area contributed by atoms with Gasteiger partial charge in [-0.1, -0.05) is 0 Å². The van der Waals surface area contributed by atoms with Gasteiger partial charge >= 0.3 is 5.97 Å². The Morgan fingerprint density at radius 2 is 2.24 bits per heavy atom. The first kappa shape index (κ1) is 13.6. The van der Waals surface area contributed by atoms with E-state index in [1.807, 2.05) is 0 Å². The number of aryl methyl sites for hydroxylation is 1. The minimum Gasteiger partial charge on any atom is -0.477 e. The number of nitrogens with zero attached hydrogens (tertiary/aromatic N) is 1. The van der Waals surface area contributed by atoms with Gasteiger partial charge in [0.2, 0.25) is 5.91 Å². The normalized spacial score (nSPS) is 12.2. The molecule has 0 aliphatic heterocycles. The highest BCUT2D eigenvalue weighted by Gasteiger charge is 2.18. The van der Waals surface area contributed by atoms with Crippen LogP contribution in [0.3, 0.4) is 0 Å². The fourth-order valence-corrected chi connectivity index (χ4v) is 2.18. The maximum Gasteiger partial charge on any atom is 0.347 e. The number of nitrogens with one attached hydrogen (secondary N) is 1. The van der Waals surface area contributed by atoms with Crippen LogP contribution in [0.2, 0.25) is 0 Å². The van der Waals surface area contributed by atoms with Gasteiger partial charge in [0.1, 0.15) is 16.5 Å². The number of hydrogen-bond acceptors (Lipinski definition) is 5. The van der Waals surface area contributed by atoms with E-state index in [2.05, 4.69) is 15.0 Å². The summed E-state index contributed by atoms with van der Waals surface area (Å²) in [6.07, 6.45) is 0. The smallest absolute Gasteiger partial charge is 0.347 e. The van der Waals surface area contributed by atoms with Crippen molar-refractivity contribution >= 4 is 23.2 Å². The standard InChI is InChI=1S/C10H14N2O4S/c1-5-8(10(14)15)17-9(12-5)6(2)11-7(13)4-16-3/h6H,4H2,1-3H3,(H,11,13)(H,14,15). The van der Waals surface area contributed by atoms with Gasteiger partial charge < -0.3 is 15.2 Å². The van der Waals surface area contributed by atoms with Crippen molar-refractivity contribution in [2.45, 2.75) is 19.9 Å². The minimum atomic E-state index is -0.998. The third kappa shape index (κ3) is 3.50. The molecule has 1 aromatic rings. The molecule has 0 saturated heterocycles. The number of carbonyl (C=O) groups is 2. The van der Waals surface area contributed by atoms with Gasteiger partial charge in [-0.25, -0.2) is 9.78 Å². The van der Waals surface area contributed by atoms with Gasteiger partial charge in [0.15, 0.2) is 0 Å². The monoisotopic (exact) mass is 258 g/mol. The molecule has 2 N–H and O–H groups in total. The average molecular weight is 258 g/mol. The van der Waals surface area contributed by atoms with Crippen molar-refractivity contribution in [3.8, 4) is 0 Å². The molecule has 0 radical (unpaired) electrons. The molecule has 0 aliphatic carbocycles. The Balaban J connectivity index is 2.76. The Kier molecular flexibility index (Phi) is 4.59. The predicted octanol–water partition coefficient (Wildman–Crippen LogP) is 0.973. The highest BCUT2D eigenvalue weighted by Crippen LogP contribution is 2.23. The van der Waals surface area contributed by atoms with Crippen molar-refractivity contribution < 1.29 is 19.4 Å². The molecule has 1 atom stereocenters. The number of carboxylic acid groups (broad SMARTS) is 1. The largest absolute Gasteiger partial charge is 0.477 e. The van der Waals surface area contributed by atoms with Gasteiger partial charge in [0.05, 0.1) is 11.7 Å². The van der Waals surface area contributed by atoms with Crippen molar-refractivity contribution in [3.05, 3.63) is 15.6 Å². The van der Waals surface area contributed by atoms with E-state index in [0.29, 0.717) is 10.7 Å². The van der Waals surface area contributed by atoms with E-state index in [9.17, 15) is 9.59 Å². The Labute approximate surface area is 103 Å². The van der Waals surface area contributed by atoms with Gasteiger partial charge in [-0.3, -0.25) is 4.79 Å². The summed E-state index contributed by atoms with van der Waals surface area (Å²) in [5.41, 5.74) is 0.463. The lowest BCUT2D eigenvalue weighted by Crippen LogP contribution is -2.29. The highest BCUT2D eigenvalue weighted by atomic mass is 32.1. The number of ether oxygens (including phenoxy) is 1. The van der Waals surface area contributed by atoms with Gasteiger partial charge in [0, 0.05) is 7.11 Å². The molecule has 6 nitrogen and oxygen atoms in total. The number of methoxy groups -OCH3 is 1. The van der Waals surface area contributed by atoms with E-state index in [4.69, 9.17) is 5.11 Å². The molecule has 0 fully saturated rings. The second-order valence-corrected chi connectivity index (χ2v) is 4.52. The maximum atomic E-state index is 11.3. The highest BCUT2D eigenvalue weighted by molar-refractivity contribution is 7.13. The SMILES string of the molecule is COCC(=O)NC(C)c1nc(C)c(C(=O)O)s1. The molecule has 1 aromatic heterocycles. The molecular weight excluding hydrogens is 244 g/mol. The lowest BCUT2D eigenvalue weighted by atomic mass is 10.3. The first-order valence-corrected chi connectivity index (χ1v) is 5.76. The number of rotatable bonds is 5. The lowest BCUT2D eigenvalue weighted by Gasteiger charge is -2.10. The first-order valence-electron chi connectivity index (χ1n) is 4.94. The molecule has 1 heterocycles. The second kappa shape index (κ2) is 5.74. The van der Waals surface area contributed by atoms with Crippen LogP contribution in [0.4, 0.5) is 0 Å². The summed E-state index contributed by atoms with van der Waals surface area (Å²) in [6.45, 7) is 3.35. The van der Waals surface area contributed by atoms with Crippen LogP contribution in [0.1, 0.15) is 33.3 Å². The van der Waals surface area contributed by atoms with Crippen LogP contribution in [-0.2, 0) is 9.53 Å². The summed E-state index contributed by atoms with van der Waals surface area (Å²) in [5.74, 6) is -1.26. The van der Waals surface area contributed by atoms with Crippen LogP contribution < -0.4 is 5.32 Å². The molecule has 0 aromatic carbocycles. The van der Waals surface area contributed by atoms with E-state index in [1.54, 1.807) is 13.8 Å². The molecule has 0 spiro atoms. The van der Waals surface area contributed by atoms with Crippen molar-refractivity contribution in [1.29, 1.82) is 0 Å². The molecule has 94 valence electrons. The Morgan fingerprint density at radius 3 is 2.71 bits per heavy atom. The Morgan fingerprint density at radius 1 is 1.59 bits per heavy atom. The molecule has 0 aliphatic rings. The second-order valence-electron chi connectivity index (χ2n) is 3.49. The number of aromatic carboxylic acids is 1. The van der Waals surface area contributed by atoms with Gasteiger partial charge in [0.25, 0.3) is 0 Å². The average Bonchev–Trinajstić information content (AvgIpc) is 2.60. The van der Waals surface area contributed by atoms with Crippen molar-refractivity contribution in [2.75, 3.05) is 13.7 Å². The van der Waals surface area contributed by atoms with Gasteiger partial charge in [-0.05, 0) is 13.8 Å². The number of hydrogen-bond donors (Lipinski definition) is 2. The molecule has 0 saturated carbocycles.